The molecule has 0 unspecified atom stereocenters. The number of hydrogen-bond donors (Lipinski definition) is 1. The van der Waals surface area contributed by atoms with Crippen LogP contribution in [0.3, 0.4) is 0 Å². The summed E-state index contributed by atoms with van der Waals surface area (Å²) in [7, 11) is 1.38. The second kappa shape index (κ2) is 11.0. The average molecular weight is 399 g/mol. The monoisotopic (exact) mass is 399 g/mol. The molecule has 154 valence electrons. The molecule has 2 rings (SSSR count). The van der Waals surface area contributed by atoms with Crippen LogP contribution >= 0.6 is 0 Å². The van der Waals surface area contributed by atoms with Gasteiger partial charge in [-0.2, -0.15) is 0 Å². The number of aryl methyl sites for hydroxylation is 2. The highest BCUT2D eigenvalue weighted by Crippen LogP contribution is 2.12. The van der Waals surface area contributed by atoms with Crippen molar-refractivity contribution in [2.45, 2.75) is 32.5 Å². The summed E-state index contributed by atoms with van der Waals surface area (Å²) in [4.78, 5) is 29.1. The van der Waals surface area contributed by atoms with Crippen molar-refractivity contribution < 1.29 is 29.0 Å². The van der Waals surface area contributed by atoms with Gasteiger partial charge in [0.1, 0.15) is 25.9 Å². The summed E-state index contributed by atoms with van der Waals surface area (Å²) in [5.74, 6) is -1.16. The molecule has 0 aliphatic carbocycles. The number of esters is 2. The van der Waals surface area contributed by atoms with Gasteiger partial charge >= 0.3 is 11.9 Å². The first-order chi connectivity index (χ1) is 13.9. The molecule has 1 N–H and O–H groups in total. The second-order valence-electron chi connectivity index (χ2n) is 6.55. The van der Waals surface area contributed by atoms with Gasteiger partial charge in [0.2, 0.25) is 0 Å². The van der Waals surface area contributed by atoms with Crippen LogP contribution in [0.15, 0.2) is 53.7 Å². The summed E-state index contributed by atoms with van der Waals surface area (Å²) in [5.41, 5.74) is 2.75. The molecule has 0 aromatic heterocycles. The largest absolute Gasteiger partial charge is 0.459 e. The number of carbonyl (C=O) groups excluding carboxylic acids is 2. The third-order valence-electron chi connectivity index (χ3n) is 4.16. The number of hydrogen-bond acceptors (Lipinski definition) is 7. The third-order valence-corrected chi connectivity index (χ3v) is 4.16. The van der Waals surface area contributed by atoms with Gasteiger partial charge in [-0.25, -0.2) is 9.59 Å². The lowest BCUT2D eigenvalue weighted by Gasteiger charge is -2.22. The topological polar surface area (TPSA) is 94.4 Å². The zero-order chi connectivity index (χ0) is 21.2. The highest BCUT2D eigenvalue weighted by Gasteiger charge is 2.25. The van der Waals surface area contributed by atoms with Gasteiger partial charge < -0.3 is 19.4 Å². The second-order valence-corrected chi connectivity index (χ2v) is 6.55. The molecule has 2 aromatic rings. The minimum atomic E-state index is -1.23. The molecule has 2 atom stereocenters. The molecule has 0 aliphatic heterocycles. The molecule has 7 nitrogen and oxygen atoms in total. The van der Waals surface area contributed by atoms with Crippen LogP contribution < -0.4 is 0 Å². The van der Waals surface area contributed by atoms with Gasteiger partial charge in [0.05, 0.1) is 11.1 Å². The molecule has 7 heteroatoms. The van der Waals surface area contributed by atoms with E-state index in [1.54, 1.807) is 48.5 Å². The Bertz CT molecular complexity index is 829. The fourth-order valence-corrected chi connectivity index (χ4v) is 2.44. The molecular formula is C22H25NO6. The summed E-state index contributed by atoms with van der Waals surface area (Å²) >= 11 is 0. The predicted octanol–water partition coefficient (Wildman–Crippen LogP) is 3.07. The van der Waals surface area contributed by atoms with E-state index in [1.165, 1.54) is 13.3 Å². The van der Waals surface area contributed by atoms with Crippen LogP contribution in [0.2, 0.25) is 0 Å². The first kappa shape index (κ1) is 22.1. The molecule has 2 aromatic carbocycles. The van der Waals surface area contributed by atoms with Crippen LogP contribution in [0, 0.1) is 13.8 Å². The van der Waals surface area contributed by atoms with Crippen molar-refractivity contribution in [2.24, 2.45) is 5.16 Å². The molecule has 0 bridgehead atoms. The van der Waals surface area contributed by atoms with E-state index in [0.717, 1.165) is 11.1 Å². The van der Waals surface area contributed by atoms with Gasteiger partial charge in [0.25, 0.3) is 0 Å². The van der Waals surface area contributed by atoms with Gasteiger partial charge in [-0.05, 0) is 38.1 Å². The minimum absolute atomic E-state index is 0.0920. The molecule has 0 saturated carbocycles. The Morgan fingerprint density at radius 2 is 1.48 bits per heavy atom. The lowest BCUT2D eigenvalue weighted by molar-refractivity contribution is -0.0408. The van der Waals surface area contributed by atoms with Gasteiger partial charge in [0, 0.05) is 12.6 Å². The van der Waals surface area contributed by atoms with Crippen molar-refractivity contribution in [1.29, 1.82) is 0 Å². The van der Waals surface area contributed by atoms with Crippen LogP contribution in [0.25, 0.3) is 0 Å². The smallest absolute Gasteiger partial charge is 0.338 e. The molecule has 29 heavy (non-hydrogen) atoms. The van der Waals surface area contributed by atoms with Crippen molar-refractivity contribution in [3.8, 4) is 0 Å². The molecule has 0 heterocycles. The summed E-state index contributed by atoms with van der Waals surface area (Å²) in [6.45, 7) is 3.48. The highest BCUT2D eigenvalue weighted by molar-refractivity contribution is 5.90. The van der Waals surface area contributed by atoms with E-state index in [9.17, 15) is 14.7 Å². The fourth-order valence-electron chi connectivity index (χ4n) is 2.44. The van der Waals surface area contributed by atoms with E-state index >= 15 is 0 Å². The van der Waals surface area contributed by atoms with E-state index in [-0.39, 0.29) is 13.0 Å². The maximum absolute atomic E-state index is 12.4. The van der Waals surface area contributed by atoms with Crippen molar-refractivity contribution in [3.05, 3.63) is 70.8 Å². The van der Waals surface area contributed by atoms with E-state index in [2.05, 4.69) is 9.99 Å². The van der Waals surface area contributed by atoms with E-state index < -0.39 is 24.1 Å². The van der Waals surface area contributed by atoms with Crippen molar-refractivity contribution in [1.82, 2.24) is 0 Å². The van der Waals surface area contributed by atoms with E-state index in [1.807, 2.05) is 13.8 Å². The third kappa shape index (κ3) is 7.04. The predicted molar refractivity (Wildman–Crippen MR) is 108 cm³/mol. The number of aliphatic hydroxyl groups excluding tert-OH is 1. The maximum Gasteiger partial charge on any atom is 0.338 e. The Kier molecular flexibility index (Phi) is 8.36. The molecule has 0 fully saturated rings. The van der Waals surface area contributed by atoms with Gasteiger partial charge in [-0.15, -0.1) is 0 Å². The Balaban J connectivity index is 2.00. The quantitative estimate of drug-likeness (QED) is 0.396. The lowest BCUT2D eigenvalue weighted by atomic mass is 10.1. The molecule has 0 saturated heterocycles. The lowest BCUT2D eigenvalue weighted by Crippen LogP contribution is -2.36. The van der Waals surface area contributed by atoms with Crippen LogP contribution in [0.4, 0.5) is 0 Å². The summed E-state index contributed by atoms with van der Waals surface area (Å²) < 4.78 is 10.6. The molecule has 0 spiro atoms. The number of nitrogens with zero attached hydrogens (tertiary/aromatic N) is 1. The summed E-state index contributed by atoms with van der Waals surface area (Å²) in [6.07, 6.45) is -0.733. The molecule has 0 aliphatic rings. The number of ether oxygens (including phenoxy) is 2. The van der Waals surface area contributed by atoms with Gasteiger partial charge in [-0.1, -0.05) is 40.5 Å². The van der Waals surface area contributed by atoms with Crippen LogP contribution in [-0.4, -0.2) is 49.2 Å². The molecule has 0 radical (unpaired) electrons. The first-order valence-electron chi connectivity index (χ1n) is 9.15. The number of rotatable bonds is 9. The number of benzene rings is 2. The van der Waals surface area contributed by atoms with Crippen molar-refractivity contribution >= 4 is 18.2 Å². The zero-order valence-corrected chi connectivity index (χ0v) is 16.7. The zero-order valence-electron chi connectivity index (χ0n) is 16.7. The van der Waals surface area contributed by atoms with Gasteiger partial charge in [0.15, 0.2) is 0 Å². The summed E-state index contributed by atoms with van der Waals surface area (Å²) in [5, 5.41) is 14.0. The van der Waals surface area contributed by atoms with Crippen LogP contribution in [0.1, 0.15) is 38.3 Å². The standard InChI is InChI=1S/C22H25NO6/c1-15-4-8-17(9-5-15)21(25)28-14-19(24)20(12-13-23-27-3)29-22(26)18-10-6-16(2)7-11-18/h4-11,13,19-20,24H,12,14H2,1-3H3/t19-,20-/m0/s1. The van der Waals surface area contributed by atoms with Crippen molar-refractivity contribution in [2.75, 3.05) is 13.7 Å². The normalized spacial score (nSPS) is 13.0. The fraction of sp³-hybridized carbons (Fsp3) is 0.318. The number of oxime groups is 1. The number of carbonyl (C=O) groups is 2. The Morgan fingerprint density at radius 3 is 2.00 bits per heavy atom. The highest BCUT2D eigenvalue weighted by atomic mass is 16.6. The van der Waals surface area contributed by atoms with Crippen molar-refractivity contribution in [3.63, 3.8) is 0 Å². The minimum Gasteiger partial charge on any atom is -0.459 e. The summed E-state index contributed by atoms with van der Waals surface area (Å²) in [6, 6.07) is 13.7. The first-order valence-corrected chi connectivity index (χ1v) is 9.15. The Labute approximate surface area is 169 Å². The Hall–Kier alpha value is -3.19. The van der Waals surface area contributed by atoms with Gasteiger partial charge in [-0.3, -0.25) is 0 Å². The van der Waals surface area contributed by atoms with E-state index in [4.69, 9.17) is 9.47 Å². The van der Waals surface area contributed by atoms with Crippen LogP contribution in [-0.2, 0) is 14.3 Å². The molecule has 0 amide bonds. The molecular weight excluding hydrogens is 374 g/mol. The number of aliphatic hydroxyl groups is 1. The van der Waals surface area contributed by atoms with Crippen LogP contribution in [0.5, 0.6) is 0 Å². The van der Waals surface area contributed by atoms with E-state index in [0.29, 0.717) is 11.1 Å². The average Bonchev–Trinajstić information content (AvgIpc) is 2.72. The maximum atomic E-state index is 12.4. The Morgan fingerprint density at radius 1 is 0.966 bits per heavy atom. The SMILES string of the molecule is CON=CC[C@H](OC(=O)c1ccc(C)cc1)[C@@H](O)COC(=O)c1ccc(C)cc1.